The highest BCUT2D eigenvalue weighted by molar-refractivity contribution is 7.89. The first kappa shape index (κ1) is 16.1. The molecule has 3 N–H and O–H groups in total. The summed E-state index contributed by atoms with van der Waals surface area (Å²) in [6.07, 6.45) is -0.531. The molecule has 0 radical (unpaired) electrons. The van der Waals surface area contributed by atoms with E-state index < -0.39 is 28.0 Å². The van der Waals surface area contributed by atoms with Crippen LogP contribution in [-0.4, -0.2) is 36.7 Å². The predicted octanol–water partition coefficient (Wildman–Crippen LogP) is 0.869. The van der Waals surface area contributed by atoms with E-state index >= 15 is 0 Å². The molecule has 1 aromatic heterocycles. The minimum Gasteiger partial charge on any atom is -0.481 e. The van der Waals surface area contributed by atoms with Crippen molar-refractivity contribution < 1.29 is 23.4 Å². The summed E-state index contributed by atoms with van der Waals surface area (Å²) < 4.78 is 26.3. The summed E-state index contributed by atoms with van der Waals surface area (Å²) in [5.74, 6) is -1.19. The third kappa shape index (κ3) is 4.57. The Morgan fingerprint density at radius 2 is 2.05 bits per heavy atom. The quantitative estimate of drug-likeness (QED) is 0.723. The number of aliphatic carboxylic acids is 1. The van der Waals surface area contributed by atoms with Crippen LogP contribution in [-0.2, 0) is 14.8 Å². The largest absolute Gasteiger partial charge is 0.481 e. The number of hydrogen-bond donors (Lipinski definition) is 3. The Bertz CT molecular complexity index is 574. The predicted molar refractivity (Wildman–Crippen MR) is 71.9 cm³/mol. The molecule has 0 saturated carbocycles. The minimum absolute atomic E-state index is 0.168. The molecule has 0 aliphatic rings. The standard InChI is InChI=1S/C11H17NO5S2/c1-7-4-9(8(2)18-7)19(16,17)12-6-11(3,15)5-10(13)14/h4,12,15H,5-6H2,1-3H3,(H,13,14). The van der Waals surface area contributed by atoms with Crippen molar-refractivity contribution in [3.8, 4) is 0 Å². The summed E-state index contributed by atoms with van der Waals surface area (Å²) in [5.41, 5.74) is -1.63. The Kier molecular flexibility index (Phi) is 4.72. The Balaban J connectivity index is 2.82. The van der Waals surface area contributed by atoms with Crippen molar-refractivity contribution in [2.75, 3.05) is 6.54 Å². The van der Waals surface area contributed by atoms with Gasteiger partial charge in [-0.1, -0.05) is 0 Å². The lowest BCUT2D eigenvalue weighted by molar-refractivity contribution is -0.141. The summed E-state index contributed by atoms with van der Waals surface area (Å²) in [7, 11) is -3.73. The van der Waals surface area contributed by atoms with Crippen LogP contribution in [0, 0.1) is 13.8 Å². The first-order valence-corrected chi connectivity index (χ1v) is 7.84. The van der Waals surface area contributed by atoms with Gasteiger partial charge in [0.1, 0.15) is 0 Å². The van der Waals surface area contributed by atoms with Gasteiger partial charge in [-0.15, -0.1) is 11.3 Å². The number of rotatable bonds is 6. The fourth-order valence-electron chi connectivity index (χ4n) is 1.59. The SMILES string of the molecule is Cc1cc(S(=O)(=O)NCC(C)(O)CC(=O)O)c(C)s1. The van der Waals surface area contributed by atoms with Crippen LogP contribution in [0.25, 0.3) is 0 Å². The molecule has 1 atom stereocenters. The molecule has 0 spiro atoms. The van der Waals surface area contributed by atoms with Crippen LogP contribution in [0.3, 0.4) is 0 Å². The zero-order chi connectivity index (χ0) is 14.8. The highest BCUT2D eigenvalue weighted by atomic mass is 32.2. The molecule has 1 heterocycles. The van der Waals surface area contributed by atoms with E-state index in [0.29, 0.717) is 4.88 Å². The van der Waals surface area contributed by atoms with Gasteiger partial charge in [0.2, 0.25) is 10.0 Å². The molecule has 0 aliphatic heterocycles. The fourth-order valence-corrected chi connectivity index (χ4v) is 4.31. The van der Waals surface area contributed by atoms with Gasteiger partial charge in [-0.2, -0.15) is 0 Å². The molecule has 0 aromatic carbocycles. The van der Waals surface area contributed by atoms with Crippen LogP contribution >= 0.6 is 11.3 Å². The monoisotopic (exact) mass is 307 g/mol. The van der Waals surface area contributed by atoms with Gasteiger partial charge < -0.3 is 10.2 Å². The smallest absolute Gasteiger partial charge is 0.306 e. The lowest BCUT2D eigenvalue weighted by atomic mass is 10.0. The molecule has 108 valence electrons. The zero-order valence-electron chi connectivity index (χ0n) is 10.9. The number of thiophene rings is 1. The average Bonchev–Trinajstić information content (AvgIpc) is 2.54. The number of sulfonamides is 1. The lowest BCUT2D eigenvalue weighted by Crippen LogP contribution is -2.42. The summed E-state index contributed by atoms with van der Waals surface area (Å²) >= 11 is 1.36. The average molecular weight is 307 g/mol. The molecule has 0 fully saturated rings. The first-order chi connectivity index (χ1) is 8.53. The highest BCUT2D eigenvalue weighted by Gasteiger charge is 2.28. The van der Waals surface area contributed by atoms with Crippen LogP contribution in [0.2, 0.25) is 0 Å². The fraction of sp³-hybridized carbons (Fsp3) is 0.545. The normalized spacial score (nSPS) is 15.2. The molecular weight excluding hydrogens is 290 g/mol. The molecule has 0 aliphatic carbocycles. The van der Waals surface area contributed by atoms with E-state index in [1.165, 1.54) is 18.3 Å². The zero-order valence-corrected chi connectivity index (χ0v) is 12.6. The van der Waals surface area contributed by atoms with Crippen molar-refractivity contribution >= 4 is 27.3 Å². The lowest BCUT2D eigenvalue weighted by Gasteiger charge is -2.21. The van der Waals surface area contributed by atoms with Crippen LogP contribution in [0.15, 0.2) is 11.0 Å². The Hall–Kier alpha value is -0.960. The summed E-state index contributed by atoms with van der Waals surface area (Å²) in [6, 6.07) is 1.55. The number of hydrogen-bond acceptors (Lipinski definition) is 5. The number of carbonyl (C=O) groups is 1. The summed E-state index contributed by atoms with van der Waals surface area (Å²) in [5, 5.41) is 18.4. The minimum atomic E-state index is -3.73. The number of nitrogens with one attached hydrogen (secondary N) is 1. The topological polar surface area (TPSA) is 104 Å². The van der Waals surface area contributed by atoms with Gasteiger partial charge in [-0.3, -0.25) is 4.79 Å². The van der Waals surface area contributed by atoms with E-state index in [0.717, 1.165) is 4.88 Å². The van der Waals surface area contributed by atoms with Crippen molar-refractivity contribution in [1.29, 1.82) is 0 Å². The van der Waals surface area contributed by atoms with Crippen LogP contribution in [0.4, 0.5) is 0 Å². The van der Waals surface area contributed by atoms with Crippen molar-refractivity contribution in [1.82, 2.24) is 4.72 Å². The van der Waals surface area contributed by atoms with Gasteiger partial charge in [0.25, 0.3) is 0 Å². The van der Waals surface area contributed by atoms with Gasteiger partial charge in [-0.05, 0) is 26.8 Å². The van der Waals surface area contributed by atoms with E-state index in [9.17, 15) is 18.3 Å². The molecule has 1 unspecified atom stereocenters. The van der Waals surface area contributed by atoms with Gasteiger partial charge in [0, 0.05) is 16.3 Å². The van der Waals surface area contributed by atoms with Gasteiger partial charge >= 0.3 is 5.97 Å². The number of carboxylic acids is 1. The maximum Gasteiger partial charge on any atom is 0.306 e. The van der Waals surface area contributed by atoms with Crippen LogP contribution in [0.1, 0.15) is 23.1 Å². The molecule has 0 amide bonds. The third-order valence-corrected chi connectivity index (χ3v) is 5.08. The Labute approximate surface area is 116 Å². The molecule has 0 saturated heterocycles. The van der Waals surface area contributed by atoms with Gasteiger partial charge in [0.15, 0.2) is 0 Å². The number of carboxylic acid groups (broad SMARTS) is 1. The Morgan fingerprint density at radius 1 is 1.47 bits per heavy atom. The second-order valence-corrected chi connectivity index (χ2v) is 7.87. The summed E-state index contributed by atoms with van der Waals surface area (Å²) in [4.78, 5) is 12.2. The second-order valence-electron chi connectivity index (χ2n) is 4.67. The van der Waals surface area contributed by atoms with Crippen molar-refractivity contribution in [3.05, 3.63) is 15.8 Å². The molecule has 1 aromatic rings. The van der Waals surface area contributed by atoms with Crippen molar-refractivity contribution in [2.24, 2.45) is 0 Å². The Morgan fingerprint density at radius 3 is 2.47 bits per heavy atom. The third-order valence-electron chi connectivity index (χ3n) is 2.46. The van der Waals surface area contributed by atoms with Gasteiger partial charge in [-0.25, -0.2) is 13.1 Å². The number of aliphatic hydroxyl groups is 1. The van der Waals surface area contributed by atoms with Crippen molar-refractivity contribution in [2.45, 2.75) is 37.7 Å². The van der Waals surface area contributed by atoms with E-state index in [-0.39, 0.29) is 11.4 Å². The van der Waals surface area contributed by atoms with E-state index in [1.807, 2.05) is 0 Å². The molecule has 19 heavy (non-hydrogen) atoms. The van der Waals surface area contributed by atoms with E-state index in [4.69, 9.17) is 5.11 Å². The molecule has 8 heteroatoms. The maximum atomic E-state index is 12.0. The maximum absolute atomic E-state index is 12.0. The molecule has 6 nitrogen and oxygen atoms in total. The van der Waals surface area contributed by atoms with Crippen molar-refractivity contribution in [3.63, 3.8) is 0 Å². The van der Waals surface area contributed by atoms with Crippen LogP contribution in [0.5, 0.6) is 0 Å². The molecule has 0 bridgehead atoms. The van der Waals surface area contributed by atoms with E-state index in [2.05, 4.69) is 4.72 Å². The molecule has 1 rings (SSSR count). The first-order valence-electron chi connectivity index (χ1n) is 5.54. The highest BCUT2D eigenvalue weighted by Crippen LogP contribution is 2.25. The summed E-state index contributed by atoms with van der Waals surface area (Å²) in [6.45, 7) is 4.42. The second kappa shape index (κ2) is 5.58. The van der Waals surface area contributed by atoms with E-state index in [1.54, 1.807) is 19.9 Å². The van der Waals surface area contributed by atoms with Crippen LogP contribution < -0.4 is 4.72 Å². The molecular formula is C11H17NO5S2. The number of aryl methyl sites for hydroxylation is 2. The van der Waals surface area contributed by atoms with Gasteiger partial charge in [0.05, 0.1) is 16.9 Å².